The normalized spacial score (nSPS) is 25.8. The van der Waals surface area contributed by atoms with Crippen LogP contribution in [0, 0.1) is 17.8 Å². The molecule has 2 aliphatic carbocycles. The molecule has 2 aliphatic heterocycles. The van der Waals surface area contributed by atoms with Gasteiger partial charge < -0.3 is 32.0 Å². The molecule has 1 saturated heterocycles. The monoisotopic (exact) mass is 717 g/mol. The van der Waals surface area contributed by atoms with Crippen molar-refractivity contribution in [2.75, 3.05) is 43.7 Å². The molecule has 6 rings (SSSR count). The Bertz CT molecular complexity index is 1780. The van der Waals surface area contributed by atoms with Crippen LogP contribution in [0.15, 0.2) is 36.6 Å². The number of hydrogen-bond acceptors (Lipinski definition) is 11. The molecule has 0 bridgehead atoms. The van der Waals surface area contributed by atoms with Gasteiger partial charge in [-0.2, -0.15) is 9.56 Å². The smallest absolute Gasteiger partial charge is 0.448 e. The number of nitrogen functional groups attached to an aromatic ring is 2. The lowest BCUT2D eigenvalue weighted by Gasteiger charge is -2.42. The van der Waals surface area contributed by atoms with Crippen molar-refractivity contribution in [1.29, 1.82) is 0 Å². The van der Waals surface area contributed by atoms with E-state index in [1.807, 2.05) is 19.3 Å². The second kappa shape index (κ2) is 14.9. The molecule has 7 N–H and O–H groups in total. The summed E-state index contributed by atoms with van der Waals surface area (Å²) in [5, 5.41) is 3.88. The topological polar surface area (TPSA) is 175 Å². The van der Waals surface area contributed by atoms with Crippen molar-refractivity contribution in [3.05, 3.63) is 52.8 Å². The van der Waals surface area contributed by atoms with Crippen molar-refractivity contribution in [3.63, 3.8) is 0 Å². The SMILES string of the molecule is C=C[C@@H]1COCC(/C=[N+]2\C(=O)N(C)c3c(O[C@@H](C=C)[C@@H](C)CC[C@H](C)NC)nc(C(=O)C4=C(N)[C@@]5(CCC4)CCCc4sc(N)c(N)c45)nc32)C1. The maximum absolute atomic E-state index is 14.7. The van der Waals surface area contributed by atoms with Gasteiger partial charge >= 0.3 is 11.8 Å². The second-order valence-corrected chi connectivity index (χ2v) is 15.8. The zero-order chi connectivity index (χ0) is 36.6. The Morgan fingerprint density at radius 3 is 2.59 bits per heavy atom. The number of urea groups is 1. The molecule has 6 atom stereocenters. The summed E-state index contributed by atoms with van der Waals surface area (Å²) in [6, 6.07) is 0.0116. The zero-order valence-electron chi connectivity index (χ0n) is 30.4. The average Bonchev–Trinajstić information content (AvgIpc) is 3.57. The molecule has 51 heavy (non-hydrogen) atoms. The molecule has 0 aromatic carbocycles. The van der Waals surface area contributed by atoms with Gasteiger partial charge in [-0.3, -0.25) is 4.79 Å². The van der Waals surface area contributed by atoms with Crippen molar-refractivity contribution in [1.82, 2.24) is 15.3 Å². The van der Waals surface area contributed by atoms with Crippen LogP contribution in [-0.4, -0.2) is 72.0 Å². The van der Waals surface area contributed by atoms with Gasteiger partial charge in [-0.1, -0.05) is 30.6 Å². The Hall–Kier alpha value is -4.07. The van der Waals surface area contributed by atoms with Crippen LogP contribution in [0.25, 0.3) is 0 Å². The summed E-state index contributed by atoms with van der Waals surface area (Å²) < 4.78 is 14.0. The molecular formula is C38H53N8O4S+. The fourth-order valence-corrected chi connectivity index (χ4v) is 9.31. The number of nitrogens with zero attached hydrogens (tertiary/aromatic N) is 4. The molecule has 2 aromatic heterocycles. The number of carbonyl (C=O) groups excluding carboxylic acids is 2. The van der Waals surface area contributed by atoms with Crippen molar-refractivity contribution in [2.24, 2.45) is 23.5 Å². The summed E-state index contributed by atoms with van der Waals surface area (Å²) >= 11 is 1.52. The number of carbonyl (C=O) groups is 2. The quantitative estimate of drug-likeness (QED) is 0.122. The van der Waals surface area contributed by atoms with E-state index in [9.17, 15) is 9.59 Å². The molecule has 4 heterocycles. The van der Waals surface area contributed by atoms with Crippen LogP contribution in [0.3, 0.4) is 0 Å². The zero-order valence-corrected chi connectivity index (χ0v) is 31.2. The predicted molar refractivity (Wildman–Crippen MR) is 203 cm³/mol. The Morgan fingerprint density at radius 1 is 1.16 bits per heavy atom. The number of ketones is 1. The van der Waals surface area contributed by atoms with E-state index in [0.29, 0.717) is 53.3 Å². The van der Waals surface area contributed by atoms with Crippen molar-refractivity contribution in [2.45, 2.75) is 89.2 Å². The second-order valence-electron chi connectivity index (χ2n) is 14.7. The van der Waals surface area contributed by atoms with Crippen LogP contribution in [0.5, 0.6) is 5.88 Å². The average molecular weight is 718 g/mol. The van der Waals surface area contributed by atoms with Crippen molar-refractivity contribution in [3.8, 4) is 5.88 Å². The first-order chi connectivity index (χ1) is 24.4. The highest BCUT2D eigenvalue weighted by Crippen LogP contribution is 2.54. The molecule has 12 nitrogen and oxygen atoms in total. The van der Waals surface area contributed by atoms with E-state index in [2.05, 4.69) is 32.3 Å². The third kappa shape index (κ3) is 6.71. The number of fused-ring (bicyclic) bond motifs is 3. The largest absolute Gasteiger partial charge is 0.467 e. The first-order valence-corrected chi connectivity index (χ1v) is 19.0. The van der Waals surface area contributed by atoms with E-state index in [-0.39, 0.29) is 47.1 Å². The summed E-state index contributed by atoms with van der Waals surface area (Å²) in [7, 11) is 3.61. The summed E-state index contributed by atoms with van der Waals surface area (Å²) in [6.45, 7) is 13.3. The number of hydrogen-bond donors (Lipinski definition) is 4. The van der Waals surface area contributed by atoms with E-state index in [4.69, 9.17) is 36.6 Å². The molecule has 1 unspecified atom stereocenters. The van der Waals surface area contributed by atoms with E-state index >= 15 is 0 Å². The van der Waals surface area contributed by atoms with Gasteiger partial charge in [-0.15, -0.1) is 17.9 Å². The number of thiophene rings is 1. The Balaban J connectivity index is 1.45. The number of aromatic nitrogens is 2. The molecule has 1 spiro atoms. The summed E-state index contributed by atoms with van der Waals surface area (Å²) in [4.78, 5) is 40.8. The third-order valence-corrected chi connectivity index (χ3v) is 12.4. The summed E-state index contributed by atoms with van der Waals surface area (Å²) in [5.41, 5.74) is 22.3. The fraction of sp³-hybridized carbons (Fsp3) is 0.553. The first-order valence-electron chi connectivity index (χ1n) is 18.2. The number of nitrogens with one attached hydrogen (secondary N) is 1. The minimum atomic E-state index is -0.572. The lowest BCUT2D eigenvalue weighted by molar-refractivity contribution is -0.325. The number of rotatable bonds is 12. The van der Waals surface area contributed by atoms with E-state index < -0.39 is 11.5 Å². The maximum atomic E-state index is 14.7. The molecule has 4 aliphatic rings. The Labute approximate surface area is 304 Å². The number of aryl methyl sites for hydroxylation is 1. The third-order valence-electron chi connectivity index (χ3n) is 11.3. The van der Waals surface area contributed by atoms with Crippen LogP contribution < -0.4 is 32.2 Å². The van der Waals surface area contributed by atoms with Gasteiger partial charge in [0.25, 0.3) is 11.7 Å². The molecule has 0 saturated carbocycles. The van der Waals surface area contributed by atoms with Crippen LogP contribution in [0.1, 0.15) is 86.3 Å². The van der Waals surface area contributed by atoms with Gasteiger partial charge in [0.1, 0.15) is 11.1 Å². The predicted octanol–water partition coefficient (Wildman–Crippen LogP) is 5.64. The summed E-state index contributed by atoms with van der Waals surface area (Å²) in [6.07, 6.45) is 12.2. The van der Waals surface area contributed by atoms with E-state index in [0.717, 1.165) is 61.8 Å². The van der Waals surface area contributed by atoms with Crippen LogP contribution in [0.4, 0.5) is 27.0 Å². The first kappa shape index (κ1) is 36.7. The van der Waals surface area contributed by atoms with Crippen LogP contribution in [0.2, 0.25) is 0 Å². The highest BCUT2D eigenvalue weighted by atomic mass is 32.1. The van der Waals surface area contributed by atoms with Crippen molar-refractivity contribution < 1.29 is 23.6 Å². The standard InChI is InChI=1S/C38H52N8O4S/c1-7-23-17-24(20-49-19-23)18-46-35-30(45(6)37(46)48)36(50-26(8-2)21(3)13-14-22(4)42-5)44-34(43-35)31(47)25-11-9-15-38(32(25)40)16-10-12-27-28(38)29(39)33(41)51-27/h7-8,18,21-24,26,42H,1-2,9-17,19-20H2,3-6H3,(H5-,39,40,41,43,44,47)/p+1/b46-18-/t21-,22-,23-,24?,26-,38-/m0/s1. The van der Waals surface area contributed by atoms with E-state index in [1.54, 1.807) is 13.1 Å². The minimum Gasteiger partial charge on any atom is -0.467 e. The highest BCUT2D eigenvalue weighted by Gasteiger charge is 2.48. The number of allylic oxidation sites excluding steroid dienone is 2. The van der Waals surface area contributed by atoms with Gasteiger partial charge in [-0.25, -0.2) is 9.69 Å². The molecule has 13 heteroatoms. The van der Waals surface area contributed by atoms with Gasteiger partial charge in [0.2, 0.25) is 11.5 Å². The van der Waals surface area contributed by atoms with Crippen LogP contribution in [-0.2, 0) is 16.6 Å². The Morgan fingerprint density at radius 2 is 1.88 bits per heavy atom. The van der Waals surface area contributed by atoms with Crippen LogP contribution >= 0.6 is 11.3 Å². The fourth-order valence-electron chi connectivity index (χ4n) is 8.18. The minimum absolute atomic E-state index is 0.0702. The van der Waals surface area contributed by atoms with E-state index in [1.165, 1.54) is 20.8 Å². The number of ether oxygens (including phenoxy) is 2. The highest BCUT2D eigenvalue weighted by molar-refractivity contribution is 7.16. The van der Waals surface area contributed by atoms with Gasteiger partial charge in [0, 0.05) is 45.0 Å². The molecule has 2 amide bonds. The summed E-state index contributed by atoms with van der Waals surface area (Å²) in [5.74, 6) is 0.152. The molecular weight excluding hydrogens is 665 g/mol. The molecule has 0 radical (unpaired) electrons. The molecule has 1 fully saturated rings. The Kier molecular flexibility index (Phi) is 10.7. The lowest BCUT2D eigenvalue weighted by atomic mass is 9.63. The molecule has 2 aromatic rings. The molecule has 274 valence electrons. The van der Waals surface area contributed by atoms with Gasteiger partial charge in [0.15, 0.2) is 0 Å². The van der Waals surface area contributed by atoms with Crippen molar-refractivity contribution >= 4 is 51.6 Å². The van der Waals surface area contributed by atoms with Gasteiger partial charge in [0.05, 0.1) is 32.2 Å². The number of Topliss-reactive ketones (excluding diaryl/α,β-unsaturated/α-hetero) is 1. The number of amides is 2. The van der Waals surface area contributed by atoms with Gasteiger partial charge in [-0.05, 0) is 77.7 Å². The number of nitrogens with two attached hydrogens (primary N) is 3. The maximum Gasteiger partial charge on any atom is 0.448 e. The number of anilines is 3. The lowest BCUT2D eigenvalue weighted by Crippen LogP contribution is -2.40.